The van der Waals surface area contributed by atoms with Crippen LogP contribution in [0.15, 0.2) is 18.2 Å². The summed E-state index contributed by atoms with van der Waals surface area (Å²) in [5.41, 5.74) is 0. The fourth-order valence-electron chi connectivity index (χ4n) is 3.12. The molecule has 1 aromatic heterocycles. The van der Waals surface area contributed by atoms with E-state index in [4.69, 9.17) is 9.47 Å². The lowest BCUT2D eigenvalue weighted by atomic mass is 9.95. The van der Waals surface area contributed by atoms with Gasteiger partial charge in [0, 0.05) is 10.8 Å². The highest BCUT2D eigenvalue weighted by Gasteiger charge is 2.24. The zero-order valence-corrected chi connectivity index (χ0v) is 14.0. The molecule has 1 saturated heterocycles. The summed E-state index contributed by atoms with van der Waals surface area (Å²) in [5, 5.41) is 0.969. The third kappa shape index (κ3) is 3.13. The highest BCUT2D eigenvalue weighted by atomic mass is 32.1. The molecule has 0 bridgehead atoms. The molecule has 1 aromatic carbocycles. The van der Waals surface area contributed by atoms with Gasteiger partial charge >= 0.3 is 0 Å². The van der Waals surface area contributed by atoms with E-state index in [1.165, 1.54) is 11.3 Å². The fourth-order valence-corrected chi connectivity index (χ4v) is 4.33. The summed E-state index contributed by atoms with van der Waals surface area (Å²) in [7, 11) is 0. The predicted molar refractivity (Wildman–Crippen MR) is 89.6 cm³/mol. The van der Waals surface area contributed by atoms with Crippen LogP contribution in [0.5, 0.6) is 5.75 Å². The Morgan fingerprint density at radius 3 is 2.86 bits per heavy atom. The fraction of sp³-hybridized carbons (Fsp3) is 0.556. The number of hydrogen-bond acceptors (Lipinski definition) is 3. The van der Waals surface area contributed by atoms with E-state index in [1.807, 2.05) is 13.0 Å². The second kappa shape index (κ2) is 6.97. The van der Waals surface area contributed by atoms with Gasteiger partial charge in [0.25, 0.3) is 0 Å². The van der Waals surface area contributed by atoms with Gasteiger partial charge in [-0.05, 0) is 49.8 Å². The van der Waals surface area contributed by atoms with E-state index in [2.05, 4.69) is 13.0 Å². The molecule has 3 rings (SSSR count). The second-order valence-electron chi connectivity index (χ2n) is 5.90. The lowest BCUT2D eigenvalue weighted by Gasteiger charge is -2.28. The highest BCUT2D eigenvalue weighted by Crippen LogP contribution is 2.39. The Balaban J connectivity index is 1.79. The van der Waals surface area contributed by atoms with Gasteiger partial charge in [-0.3, -0.25) is 0 Å². The van der Waals surface area contributed by atoms with Gasteiger partial charge in [-0.2, -0.15) is 0 Å². The molecule has 2 atom stereocenters. The molecule has 0 spiro atoms. The van der Waals surface area contributed by atoms with Crippen LogP contribution in [0.4, 0.5) is 4.39 Å². The average Bonchev–Trinajstić information content (AvgIpc) is 2.96. The zero-order valence-electron chi connectivity index (χ0n) is 13.2. The maximum atomic E-state index is 14.5. The molecule has 1 fully saturated rings. The standard InChI is InChI=1S/C18H23FO2S/c1-3-5-14-8-6-13(11-21-14)16-10-12-7-9-15(20-4-2)17(19)18(12)22-16/h7,9-10,13-14H,3-6,8,11H2,1-2H3. The Morgan fingerprint density at radius 1 is 1.32 bits per heavy atom. The van der Waals surface area contributed by atoms with Crippen LogP contribution < -0.4 is 4.74 Å². The van der Waals surface area contributed by atoms with Gasteiger partial charge in [-0.15, -0.1) is 11.3 Å². The van der Waals surface area contributed by atoms with Crippen molar-refractivity contribution >= 4 is 21.4 Å². The van der Waals surface area contributed by atoms with E-state index in [-0.39, 0.29) is 5.82 Å². The van der Waals surface area contributed by atoms with Crippen LogP contribution in [0.25, 0.3) is 10.1 Å². The second-order valence-corrected chi connectivity index (χ2v) is 6.98. The van der Waals surface area contributed by atoms with Crippen molar-refractivity contribution in [2.45, 2.75) is 51.6 Å². The third-order valence-corrected chi connectivity index (χ3v) is 5.60. The molecular weight excluding hydrogens is 299 g/mol. The van der Waals surface area contributed by atoms with Gasteiger partial charge in [0.1, 0.15) is 0 Å². The monoisotopic (exact) mass is 322 g/mol. The van der Waals surface area contributed by atoms with Crippen LogP contribution in [-0.4, -0.2) is 19.3 Å². The topological polar surface area (TPSA) is 18.5 Å². The Labute approximate surface area is 135 Å². The summed E-state index contributed by atoms with van der Waals surface area (Å²) in [6.45, 7) is 5.31. The molecule has 2 unspecified atom stereocenters. The van der Waals surface area contributed by atoms with Gasteiger partial charge in [0.05, 0.1) is 24.0 Å². The minimum absolute atomic E-state index is 0.226. The van der Waals surface area contributed by atoms with Crippen LogP contribution in [-0.2, 0) is 4.74 Å². The van der Waals surface area contributed by atoms with Crippen molar-refractivity contribution in [1.82, 2.24) is 0 Å². The maximum Gasteiger partial charge on any atom is 0.182 e. The summed E-state index contributed by atoms with van der Waals surface area (Å²) in [6.07, 6.45) is 4.98. The predicted octanol–water partition coefficient (Wildman–Crippen LogP) is 5.50. The molecule has 4 heteroatoms. The van der Waals surface area contributed by atoms with Gasteiger partial charge in [-0.25, -0.2) is 4.39 Å². The first-order chi connectivity index (χ1) is 10.7. The van der Waals surface area contributed by atoms with Crippen LogP contribution in [0.3, 0.4) is 0 Å². The van der Waals surface area contributed by atoms with E-state index < -0.39 is 0 Å². The minimum Gasteiger partial charge on any atom is -0.491 e. The average molecular weight is 322 g/mol. The number of fused-ring (bicyclic) bond motifs is 1. The molecule has 2 aromatic rings. The quantitative estimate of drug-likeness (QED) is 0.723. The van der Waals surface area contributed by atoms with E-state index in [0.717, 1.165) is 31.3 Å². The summed E-state index contributed by atoms with van der Waals surface area (Å²) >= 11 is 1.55. The Morgan fingerprint density at radius 2 is 2.18 bits per heavy atom. The first-order valence-corrected chi connectivity index (χ1v) is 9.00. The van der Waals surface area contributed by atoms with Crippen LogP contribution in [0, 0.1) is 5.82 Å². The Kier molecular flexibility index (Phi) is 4.99. The van der Waals surface area contributed by atoms with Gasteiger partial charge in [-0.1, -0.05) is 13.3 Å². The van der Waals surface area contributed by atoms with Gasteiger partial charge in [0.15, 0.2) is 11.6 Å². The van der Waals surface area contributed by atoms with Crippen LogP contribution in [0.2, 0.25) is 0 Å². The molecule has 1 aliphatic heterocycles. The summed E-state index contributed by atoms with van der Waals surface area (Å²) in [4.78, 5) is 1.23. The van der Waals surface area contributed by atoms with Crippen molar-refractivity contribution in [2.75, 3.05) is 13.2 Å². The molecule has 120 valence electrons. The van der Waals surface area contributed by atoms with Crippen molar-refractivity contribution < 1.29 is 13.9 Å². The van der Waals surface area contributed by atoms with Gasteiger partial charge in [0.2, 0.25) is 0 Å². The number of halogens is 1. The van der Waals surface area contributed by atoms with E-state index in [1.54, 1.807) is 17.4 Å². The third-order valence-electron chi connectivity index (χ3n) is 4.29. The lowest BCUT2D eigenvalue weighted by Crippen LogP contribution is -2.24. The summed E-state index contributed by atoms with van der Waals surface area (Å²) < 4.78 is 26.5. The van der Waals surface area contributed by atoms with E-state index in [9.17, 15) is 4.39 Å². The number of benzene rings is 1. The molecule has 0 N–H and O–H groups in total. The van der Waals surface area contributed by atoms with E-state index in [0.29, 0.717) is 29.1 Å². The molecule has 0 aliphatic carbocycles. The number of thiophene rings is 1. The Bertz CT molecular complexity index is 629. The molecular formula is C18H23FO2S. The van der Waals surface area contributed by atoms with Crippen molar-refractivity contribution in [3.63, 3.8) is 0 Å². The van der Waals surface area contributed by atoms with Crippen molar-refractivity contribution in [1.29, 1.82) is 0 Å². The lowest BCUT2D eigenvalue weighted by molar-refractivity contribution is -0.000462. The molecule has 0 saturated carbocycles. The molecule has 22 heavy (non-hydrogen) atoms. The first kappa shape index (κ1) is 15.8. The molecule has 0 amide bonds. The molecule has 0 radical (unpaired) electrons. The van der Waals surface area contributed by atoms with E-state index >= 15 is 0 Å². The summed E-state index contributed by atoms with van der Waals surface area (Å²) in [5.74, 6) is 0.531. The minimum atomic E-state index is -0.226. The van der Waals surface area contributed by atoms with Crippen molar-refractivity contribution in [3.05, 3.63) is 28.9 Å². The molecule has 2 nitrogen and oxygen atoms in total. The SMILES string of the molecule is CCCC1CCC(c2cc3ccc(OCC)c(F)c3s2)CO1. The smallest absolute Gasteiger partial charge is 0.182 e. The zero-order chi connectivity index (χ0) is 15.5. The number of hydrogen-bond donors (Lipinski definition) is 0. The number of ether oxygens (including phenoxy) is 2. The highest BCUT2D eigenvalue weighted by molar-refractivity contribution is 7.19. The van der Waals surface area contributed by atoms with Crippen molar-refractivity contribution in [3.8, 4) is 5.75 Å². The van der Waals surface area contributed by atoms with Crippen LogP contribution >= 0.6 is 11.3 Å². The normalized spacial score (nSPS) is 22.1. The largest absolute Gasteiger partial charge is 0.491 e. The molecule has 2 heterocycles. The Hall–Kier alpha value is -1.13. The first-order valence-electron chi connectivity index (χ1n) is 8.19. The maximum absolute atomic E-state index is 14.5. The molecule has 1 aliphatic rings. The van der Waals surface area contributed by atoms with Crippen molar-refractivity contribution in [2.24, 2.45) is 0 Å². The number of rotatable bonds is 5. The van der Waals surface area contributed by atoms with Gasteiger partial charge < -0.3 is 9.47 Å². The summed E-state index contributed by atoms with van der Waals surface area (Å²) in [6, 6.07) is 5.80. The van der Waals surface area contributed by atoms with Crippen LogP contribution in [0.1, 0.15) is 50.3 Å².